The number of carbonyl (C=O) groups excluding carboxylic acids is 3. The fourth-order valence-corrected chi connectivity index (χ4v) is 4.68. The van der Waals surface area contributed by atoms with Crippen LogP contribution in [-0.4, -0.2) is 24.8 Å². The third-order valence-corrected chi connectivity index (χ3v) is 5.92. The number of benzene rings is 1. The molecule has 1 aliphatic carbocycles. The Balaban J connectivity index is 1.86. The molecule has 1 N–H and O–H groups in total. The lowest BCUT2D eigenvalue weighted by Crippen LogP contribution is -2.14. The van der Waals surface area contributed by atoms with Gasteiger partial charge < -0.3 is 14.8 Å². The number of nitrogens with one attached hydrogen (secondary N) is 1. The zero-order chi connectivity index (χ0) is 20.3. The lowest BCUT2D eigenvalue weighted by Gasteiger charge is -2.14. The lowest BCUT2D eigenvalue weighted by atomic mass is 9.95. The number of carbonyl (C=O) groups is 3. The molecular formula is C21H23NO5S. The molecule has 1 heterocycles. The monoisotopic (exact) mass is 401 g/mol. The van der Waals surface area contributed by atoms with Gasteiger partial charge in [-0.15, -0.1) is 11.3 Å². The molecule has 0 unspecified atom stereocenters. The van der Waals surface area contributed by atoms with Gasteiger partial charge in [-0.05, 0) is 56.4 Å². The van der Waals surface area contributed by atoms with E-state index in [9.17, 15) is 14.4 Å². The van der Waals surface area contributed by atoms with E-state index in [4.69, 9.17) is 9.47 Å². The first-order chi connectivity index (χ1) is 13.4. The van der Waals surface area contributed by atoms with Crippen LogP contribution in [0.25, 0.3) is 0 Å². The van der Waals surface area contributed by atoms with Crippen molar-refractivity contribution in [2.45, 2.75) is 46.1 Å². The average molecular weight is 401 g/mol. The normalized spacial score (nSPS) is 12.8. The molecule has 0 bridgehead atoms. The quantitative estimate of drug-likeness (QED) is 0.581. The van der Waals surface area contributed by atoms with Crippen LogP contribution in [0.5, 0.6) is 5.75 Å². The molecular weight excluding hydrogens is 378 g/mol. The van der Waals surface area contributed by atoms with Crippen LogP contribution in [0, 0.1) is 0 Å². The standard InChI is InChI=1S/C21H23NO5S/c1-12(23)14-8-9-17(26-3)15(10-14)11-27-21(25)19-16-6-4-5-7-18(16)28-20(19)22-13(2)24/h8-10H,4-7,11H2,1-3H3,(H,22,24). The maximum Gasteiger partial charge on any atom is 0.341 e. The van der Waals surface area contributed by atoms with E-state index in [2.05, 4.69) is 5.32 Å². The molecule has 0 aliphatic heterocycles. The van der Waals surface area contributed by atoms with Crippen molar-refractivity contribution in [1.82, 2.24) is 0 Å². The number of hydrogen-bond acceptors (Lipinski definition) is 6. The molecule has 0 atom stereocenters. The Hall–Kier alpha value is -2.67. The molecule has 2 aromatic rings. The van der Waals surface area contributed by atoms with Gasteiger partial charge in [0.25, 0.3) is 0 Å². The molecule has 0 fully saturated rings. The highest BCUT2D eigenvalue weighted by Gasteiger charge is 2.27. The summed E-state index contributed by atoms with van der Waals surface area (Å²) in [6.45, 7) is 2.88. The minimum Gasteiger partial charge on any atom is -0.496 e. The van der Waals surface area contributed by atoms with E-state index in [0.29, 0.717) is 27.4 Å². The molecule has 6 nitrogen and oxygen atoms in total. The molecule has 28 heavy (non-hydrogen) atoms. The minimum absolute atomic E-state index is 0.0206. The molecule has 0 saturated heterocycles. The van der Waals surface area contributed by atoms with Crippen molar-refractivity contribution in [2.75, 3.05) is 12.4 Å². The van der Waals surface area contributed by atoms with E-state index in [1.807, 2.05) is 0 Å². The van der Waals surface area contributed by atoms with Crippen molar-refractivity contribution < 1.29 is 23.9 Å². The number of methoxy groups -OCH3 is 1. The van der Waals surface area contributed by atoms with Crippen LogP contribution in [0.1, 0.15) is 63.4 Å². The summed E-state index contributed by atoms with van der Waals surface area (Å²) in [5, 5.41) is 3.32. The van der Waals surface area contributed by atoms with Gasteiger partial charge in [0, 0.05) is 22.9 Å². The van der Waals surface area contributed by atoms with Crippen LogP contribution < -0.4 is 10.1 Å². The number of rotatable bonds is 6. The summed E-state index contributed by atoms with van der Waals surface area (Å²) in [5.74, 6) is -0.218. The lowest BCUT2D eigenvalue weighted by molar-refractivity contribution is -0.114. The Morgan fingerprint density at radius 3 is 2.57 bits per heavy atom. The maximum absolute atomic E-state index is 12.9. The van der Waals surface area contributed by atoms with E-state index in [-0.39, 0.29) is 18.3 Å². The minimum atomic E-state index is -0.474. The van der Waals surface area contributed by atoms with E-state index < -0.39 is 5.97 Å². The second kappa shape index (κ2) is 8.56. The Bertz CT molecular complexity index is 931. The van der Waals surface area contributed by atoms with Gasteiger partial charge >= 0.3 is 5.97 Å². The molecule has 0 radical (unpaired) electrons. The zero-order valence-electron chi connectivity index (χ0n) is 16.2. The number of aryl methyl sites for hydroxylation is 1. The molecule has 1 aromatic carbocycles. The van der Waals surface area contributed by atoms with Crippen LogP contribution in [0.4, 0.5) is 5.00 Å². The summed E-state index contributed by atoms with van der Waals surface area (Å²) >= 11 is 1.45. The number of anilines is 1. The van der Waals surface area contributed by atoms with E-state index in [1.54, 1.807) is 18.2 Å². The summed E-state index contributed by atoms with van der Waals surface area (Å²) in [5.41, 5.74) is 2.58. The summed E-state index contributed by atoms with van der Waals surface area (Å²) in [7, 11) is 1.53. The fraction of sp³-hybridized carbons (Fsp3) is 0.381. The van der Waals surface area contributed by atoms with Gasteiger partial charge in [-0.1, -0.05) is 0 Å². The highest BCUT2D eigenvalue weighted by Crippen LogP contribution is 2.38. The van der Waals surface area contributed by atoms with Gasteiger partial charge in [-0.25, -0.2) is 4.79 Å². The van der Waals surface area contributed by atoms with E-state index >= 15 is 0 Å². The van der Waals surface area contributed by atoms with Crippen LogP contribution in [0.3, 0.4) is 0 Å². The predicted octanol–water partition coefficient (Wildman–Crippen LogP) is 4.15. The Labute approximate surface area is 167 Å². The molecule has 0 saturated carbocycles. The van der Waals surface area contributed by atoms with Crippen LogP contribution in [0.2, 0.25) is 0 Å². The predicted molar refractivity (Wildman–Crippen MR) is 107 cm³/mol. The van der Waals surface area contributed by atoms with E-state index in [1.165, 1.54) is 32.3 Å². The molecule has 3 rings (SSSR count). The topological polar surface area (TPSA) is 81.7 Å². The van der Waals surface area contributed by atoms with Gasteiger partial charge in [0.15, 0.2) is 5.78 Å². The molecule has 148 valence electrons. The zero-order valence-corrected chi connectivity index (χ0v) is 17.0. The molecule has 7 heteroatoms. The summed E-state index contributed by atoms with van der Waals surface area (Å²) in [4.78, 5) is 37.2. The average Bonchev–Trinajstić information content (AvgIpc) is 3.02. The number of ketones is 1. The van der Waals surface area contributed by atoms with Crippen molar-refractivity contribution in [3.8, 4) is 5.75 Å². The van der Waals surface area contributed by atoms with Crippen molar-refractivity contribution >= 4 is 34.0 Å². The number of thiophene rings is 1. The first-order valence-electron chi connectivity index (χ1n) is 9.17. The second-order valence-corrected chi connectivity index (χ2v) is 7.86. The van der Waals surface area contributed by atoms with Gasteiger partial charge in [-0.2, -0.15) is 0 Å². The van der Waals surface area contributed by atoms with Crippen LogP contribution in [-0.2, 0) is 29.0 Å². The van der Waals surface area contributed by atoms with Crippen LogP contribution >= 0.6 is 11.3 Å². The Morgan fingerprint density at radius 2 is 1.89 bits per heavy atom. The number of Topliss-reactive ketones (excluding diaryl/α,β-unsaturated/α-hetero) is 1. The summed E-state index contributed by atoms with van der Waals surface area (Å²) in [6, 6.07) is 5.04. The molecule has 1 amide bonds. The number of esters is 1. The van der Waals surface area contributed by atoms with Crippen LogP contribution in [0.15, 0.2) is 18.2 Å². The fourth-order valence-electron chi connectivity index (χ4n) is 3.36. The van der Waals surface area contributed by atoms with Crippen molar-refractivity contribution in [3.63, 3.8) is 0 Å². The van der Waals surface area contributed by atoms with Gasteiger partial charge in [0.1, 0.15) is 17.4 Å². The third kappa shape index (κ3) is 4.25. The highest BCUT2D eigenvalue weighted by atomic mass is 32.1. The van der Waals surface area contributed by atoms with Gasteiger partial charge in [0.2, 0.25) is 5.91 Å². The third-order valence-electron chi connectivity index (χ3n) is 4.71. The number of hydrogen-bond donors (Lipinski definition) is 1. The van der Waals surface area contributed by atoms with Crippen molar-refractivity contribution in [1.29, 1.82) is 0 Å². The molecule has 0 spiro atoms. The smallest absolute Gasteiger partial charge is 0.341 e. The maximum atomic E-state index is 12.9. The Morgan fingerprint density at radius 1 is 1.14 bits per heavy atom. The van der Waals surface area contributed by atoms with Crippen molar-refractivity contribution in [3.05, 3.63) is 45.3 Å². The van der Waals surface area contributed by atoms with Gasteiger partial charge in [0.05, 0.1) is 12.7 Å². The number of amides is 1. The number of fused-ring (bicyclic) bond motifs is 1. The van der Waals surface area contributed by atoms with E-state index in [0.717, 1.165) is 36.1 Å². The van der Waals surface area contributed by atoms with Gasteiger partial charge in [-0.3, -0.25) is 9.59 Å². The first-order valence-corrected chi connectivity index (χ1v) is 9.99. The van der Waals surface area contributed by atoms with Crippen molar-refractivity contribution in [2.24, 2.45) is 0 Å². The highest BCUT2D eigenvalue weighted by molar-refractivity contribution is 7.17. The SMILES string of the molecule is COc1ccc(C(C)=O)cc1COC(=O)c1c(NC(C)=O)sc2c1CCCC2. The summed E-state index contributed by atoms with van der Waals surface area (Å²) in [6.07, 6.45) is 3.81. The molecule has 1 aliphatic rings. The Kier molecular flexibility index (Phi) is 6.14. The number of ether oxygens (including phenoxy) is 2. The summed E-state index contributed by atoms with van der Waals surface area (Å²) < 4.78 is 10.9. The second-order valence-electron chi connectivity index (χ2n) is 6.76. The first kappa shape index (κ1) is 20.1. The molecule has 1 aromatic heterocycles. The largest absolute Gasteiger partial charge is 0.496 e.